The Morgan fingerprint density at radius 2 is 1.83 bits per heavy atom. The van der Waals surface area contributed by atoms with Gasteiger partial charge in [-0.25, -0.2) is 13.2 Å². The number of ether oxygens (including phenoxy) is 1. The molecule has 0 aliphatic carbocycles. The summed E-state index contributed by atoms with van der Waals surface area (Å²) in [6, 6.07) is 13.2. The van der Waals surface area contributed by atoms with E-state index >= 15 is 0 Å². The first-order valence-corrected chi connectivity index (χ1v) is 11.7. The first-order chi connectivity index (χ1) is 13.9. The van der Waals surface area contributed by atoms with Gasteiger partial charge in [0.1, 0.15) is 4.88 Å². The zero-order chi connectivity index (χ0) is 21.0. The Morgan fingerprint density at radius 3 is 2.55 bits per heavy atom. The van der Waals surface area contributed by atoms with Crippen molar-refractivity contribution < 1.29 is 22.7 Å². The number of hydrogen-bond acceptors (Lipinski definition) is 6. The lowest BCUT2D eigenvalue weighted by molar-refractivity contribution is 0.0532. The van der Waals surface area contributed by atoms with E-state index in [1.54, 1.807) is 50.2 Å². The maximum atomic E-state index is 12.8. The van der Waals surface area contributed by atoms with Crippen LogP contribution in [0.15, 0.2) is 53.4 Å². The summed E-state index contributed by atoms with van der Waals surface area (Å²) in [5.74, 6) is -0.899. The normalized spacial score (nSPS) is 11.4. The Balaban J connectivity index is 1.88. The molecule has 2 aromatic carbocycles. The van der Waals surface area contributed by atoms with Gasteiger partial charge in [-0.05, 0) is 55.1 Å². The molecule has 0 unspecified atom stereocenters. The van der Waals surface area contributed by atoms with Crippen LogP contribution in [-0.2, 0) is 14.6 Å². The highest BCUT2D eigenvalue weighted by atomic mass is 32.2. The molecular weight excluding hydrogens is 410 g/mol. The smallest absolute Gasteiger partial charge is 0.348 e. The van der Waals surface area contributed by atoms with Gasteiger partial charge in [-0.3, -0.25) is 4.79 Å². The number of carbonyl (C=O) groups is 2. The summed E-state index contributed by atoms with van der Waals surface area (Å²) in [6.07, 6.45) is 0.468. The van der Waals surface area contributed by atoms with Crippen molar-refractivity contribution in [2.45, 2.75) is 25.2 Å². The Morgan fingerprint density at radius 1 is 1.07 bits per heavy atom. The van der Waals surface area contributed by atoms with Crippen molar-refractivity contribution in [1.82, 2.24) is 0 Å². The van der Waals surface area contributed by atoms with Crippen LogP contribution >= 0.6 is 11.3 Å². The van der Waals surface area contributed by atoms with Crippen LogP contribution in [0.1, 0.15) is 40.3 Å². The lowest BCUT2D eigenvalue weighted by atomic mass is 10.2. The van der Waals surface area contributed by atoms with Crippen molar-refractivity contribution in [2.24, 2.45) is 0 Å². The number of rotatable bonds is 7. The van der Waals surface area contributed by atoms with E-state index in [9.17, 15) is 18.0 Å². The van der Waals surface area contributed by atoms with Crippen LogP contribution in [0.25, 0.3) is 10.1 Å². The maximum absolute atomic E-state index is 12.8. The molecule has 0 aliphatic rings. The van der Waals surface area contributed by atoms with Gasteiger partial charge in [-0.15, -0.1) is 11.3 Å². The quantitative estimate of drug-likeness (QED) is 0.556. The molecule has 0 atom stereocenters. The standard InChI is InChI=1S/C21H21NO5S2/c1-3-11-29(25,26)19-8-6-5-7-16(19)20(23)22-15-9-10-17-14(12-15)13-18(28-17)21(24)27-4-2/h5-10,12-13H,3-4,11H2,1-2H3,(H,22,23). The molecule has 1 amide bonds. The molecule has 8 heteroatoms. The van der Waals surface area contributed by atoms with Crippen molar-refractivity contribution in [3.05, 3.63) is 59.0 Å². The summed E-state index contributed by atoms with van der Waals surface area (Å²) in [4.78, 5) is 25.2. The van der Waals surface area contributed by atoms with E-state index in [1.807, 2.05) is 0 Å². The molecule has 1 aromatic heterocycles. The number of thiophene rings is 1. The highest BCUT2D eigenvalue weighted by Gasteiger charge is 2.21. The summed E-state index contributed by atoms with van der Waals surface area (Å²) in [7, 11) is -3.54. The second-order valence-corrected chi connectivity index (χ2v) is 9.51. The fraction of sp³-hybridized carbons (Fsp3) is 0.238. The molecule has 3 aromatic rings. The fourth-order valence-corrected chi connectivity index (χ4v) is 5.40. The zero-order valence-corrected chi connectivity index (χ0v) is 17.7. The molecule has 29 heavy (non-hydrogen) atoms. The number of carbonyl (C=O) groups excluding carboxylic acids is 2. The number of benzene rings is 2. The molecule has 0 saturated heterocycles. The molecule has 1 heterocycles. The first-order valence-electron chi connectivity index (χ1n) is 9.19. The number of hydrogen-bond donors (Lipinski definition) is 1. The van der Waals surface area contributed by atoms with E-state index in [0.717, 1.165) is 10.1 Å². The van der Waals surface area contributed by atoms with E-state index in [1.165, 1.54) is 23.5 Å². The molecule has 6 nitrogen and oxygen atoms in total. The van der Waals surface area contributed by atoms with Gasteiger partial charge in [0.05, 0.1) is 22.8 Å². The van der Waals surface area contributed by atoms with Crippen LogP contribution in [0.2, 0.25) is 0 Å². The lowest BCUT2D eigenvalue weighted by Crippen LogP contribution is -2.17. The summed E-state index contributed by atoms with van der Waals surface area (Å²) in [6.45, 7) is 3.83. The number of anilines is 1. The number of sulfone groups is 1. The van der Waals surface area contributed by atoms with Crippen LogP contribution < -0.4 is 5.32 Å². The van der Waals surface area contributed by atoms with Gasteiger partial charge in [-0.1, -0.05) is 19.1 Å². The average Bonchev–Trinajstić information content (AvgIpc) is 3.12. The summed E-state index contributed by atoms with van der Waals surface area (Å²) in [5.41, 5.74) is 0.622. The van der Waals surface area contributed by atoms with Gasteiger partial charge in [0, 0.05) is 10.4 Å². The third-order valence-electron chi connectivity index (χ3n) is 4.19. The second-order valence-electron chi connectivity index (χ2n) is 6.35. The molecule has 0 aliphatic heterocycles. The van der Waals surface area contributed by atoms with E-state index in [2.05, 4.69) is 5.32 Å². The Kier molecular flexibility index (Phi) is 6.34. The molecule has 0 fully saturated rings. The van der Waals surface area contributed by atoms with Gasteiger partial charge in [-0.2, -0.15) is 0 Å². The van der Waals surface area contributed by atoms with Crippen molar-refractivity contribution in [2.75, 3.05) is 17.7 Å². The largest absolute Gasteiger partial charge is 0.462 e. The summed E-state index contributed by atoms with van der Waals surface area (Å²) >= 11 is 1.31. The van der Waals surface area contributed by atoms with E-state index in [4.69, 9.17) is 4.74 Å². The van der Waals surface area contributed by atoms with Gasteiger partial charge in [0.2, 0.25) is 0 Å². The first kappa shape index (κ1) is 21.0. The fourth-order valence-electron chi connectivity index (χ4n) is 2.93. The molecule has 0 radical (unpaired) electrons. The average molecular weight is 432 g/mol. The molecule has 152 valence electrons. The predicted molar refractivity (Wildman–Crippen MR) is 115 cm³/mol. The monoisotopic (exact) mass is 431 g/mol. The minimum absolute atomic E-state index is 0.0191. The van der Waals surface area contributed by atoms with Crippen molar-refractivity contribution in [3.63, 3.8) is 0 Å². The van der Waals surface area contributed by atoms with Crippen LogP contribution in [0.5, 0.6) is 0 Å². The zero-order valence-electron chi connectivity index (χ0n) is 16.1. The van der Waals surface area contributed by atoms with E-state index < -0.39 is 15.7 Å². The SMILES string of the molecule is CCCS(=O)(=O)c1ccccc1C(=O)Nc1ccc2sc(C(=O)OCC)cc2c1. The van der Waals surface area contributed by atoms with E-state index in [-0.39, 0.29) is 22.2 Å². The Labute approximate surface area is 173 Å². The van der Waals surface area contributed by atoms with Crippen LogP contribution in [-0.4, -0.2) is 32.7 Å². The number of nitrogens with one attached hydrogen (secondary N) is 1. The minimum Gasteiger partial charge on any atom is -0.462 e. The highest BCUT2D eigenvalue weighted by molar-refractivity contribution is 7.91. The Bertz CT molecular complexity index is 1160. The molecule has 1 N–H and O–H groups in total. The molecule has 0 saturated carbocycles. The maximum Gasteiger partial charge on any atom is 0.348 e. The molecular formula is C21H21NO5S2. The third-order valence-corrected chi connectivity index (χ3v) is 7.26. The topological polar surface area (TPSA) is 89.5 Å². The van der Waals surface area contributed by atoms with Crippen LogP contribution in [0, 0.1) is 0 Å². The summed E-state index contributed by atoms with van der Waals surface area (Å²) < 4.78 is 30.9. The number of fused-ring (bicyclic) bond motifs is 1. The molecule has 0 bridgehead atoms. The van der Waals surface area contributed by atoms with Gasteiger partial charge in [0.15, 0.2) is 9.84 Å². The van der Waals surface area contributed by atoms with Crippen LogP contribution in [0.4, 0.5) is 5.69 Å². The Hall–Kier alpha value is -2.71. The van der Waals surface area contributed by atoms with Crippen molar-refractivity contribution in [1.29, 1.82) is 0 Å². The second kappa shape index (κ2) is 8.75. The number of esters is 1. The van der Waals surface area contributed by atoms with Gasteiger partial charge >= 0.3 is 5.97 Å². The van der Waals surface area contributed by atoms with Crippen molar-refractivity contribution in [3.8, 4) is 0 Å². The lowest BCUT2D eigenvalue weighted by Gasteiger charge is -2.10. The van der Waals surface area contributed by atoms with Gasteiger partial charge < -0.3 is 10.1 Å². The molecule has 3 rings (SSSR count). The third kappa shape index (κ3) is 4.65. The number of amides is 1. The van der Waals surface area contributed by atoms with Gasteiger partial charge in [0.25, 0.3) is 5.91 Å². The summed E-state index contributed by atoms with van der Waals surface area (Å²) in [5, 5.41) is 3.55. The van der Waals surface area contributed by atoms with Crippen LogP contribution in [0.3, 0.4) is 0 Å². The van der Waals surface area contributed by atoms with Crippen molar-refractivity contribution >= 4 is 48.8 Å². The van der Waals surface area contributed by atoms with E-state index in [0.29, 0.717) is 23.6 Å². The minimum atomic E-state index is -3.54. The highest BCUT2D eigenvalue weighted by Crippen LogP contribution is 2.29. The molecule has 0 spiro atoms. The predicted octanol–water partition coefficient (Wildman–Crippen LogP) is 4.51.